The largest absolute Gasteiger partial charge is 0.507 e. The third-order valence-corrected chi connectivity index (χ3v) is 4.91. The summed E-state index contributed by atoms with van der Waals surface area (Å²) in [6.45, 7) is 3.44. The van der Waals surface area contributed by atoms with E-state index in [1.165, 1.54) is 17.3 Å². The molecule has 30 heavy (non-hydrogen) atoms. The normalized spacial score (nSPS) is 18.1. The maximum absolute atomic E-state index is 12.9. The molecule has 1 aliphatic heterocycles. The Bertz CT molecular complexity index is 909. The molecule has 158 valence electrons. The van der Waals surface area contributed by atoms with Gasteiger partial charge in [-0.1, -0.05) is 19.1 Å². The van der Waals surface area contributed by atoms with Gasteiger partial charge in [-0.3, -0.25) is 14.6 Å². The van der Waals surface area contributed by atoms with Gasteiger partial charge in [-0.05, 0) is 42.7 Å². The van der Waals surface area contributed by atoms with E-state index in [1.54, 1.807) is 19.2 Å². The van der Waals surface area contributed by atoms with Crippen LogP contribution in [0.4, 0.5) is 0 Å². The Labute approximate surface area is 175 Å². The van der Waals surface area contributed by atoms with Gasteiger partial charge in [0.25, 0.3) is 11.7 Å². The number of rotatable bonds is 9. The molecular weight excluding hydrogens is 384 g/mol. The van der Waals surface area contributed by atoms with Crippen molar-refractivity contribution < 1.29 is 24.2 Å². The first-order valence-corrected chi connectivity index (χ1v) is 9.99. The van der Waals surface area contributed by atoms with Gasteiger partial charge in [0.1, 0.15) is 11.5 Å². The lowest BCUT2D eigenvalue weighted by Crippen LogP contribution is -2.31. The van der Waals surface area contributed by atoms with Gasteiger partial charge in [0, 0.05) is 38.2 Å². The van der Waals surface area contributed by atoms with Crippen LogP contribution in [0.3, 0.4) is 0 Å². The highest BCUT2D eigenvalue weighted by atomic mass is 16.5. The van der Waals surface area contributed by atoms with E-state index in [0.717, 1.165) is 12.0 Å². The zero-order valence-electron chi connectivity index (χ0n) is 17.2. The van der Waals surface area contributed by atoms with Crippen LogP contribution in [0.5, 0.6) is 5.75 Å². The fraction of sp³-hybridized carbons (Fsp3) is 0.348. The molecule has 7 heteroatoms. The van der Waals surface area contributed by atoms with Gasteiger partial charge in [-0.2, -0.15) is 0 Å². The fourth-order valence-corrected chi connectivity index (χ4v) is 3.47. The molecule has 1 aromatic carbocycles. The van der Waals surface area contributed by atoms with Crippen molar-refractivity contribution in [2.45, 2.75) is 25.8 Å². The van der Waals surface area contributed by atoms with Crippen LogP contribution in [0, 0.1) is 0 Å². The third-order valence-electron chi connectivity index (χ3n) is 4.91. The zero-order chi connectivity index (χ0) is 21.5. The van der Waals surface area contributed by atoms with E-state index in [-0.39, 0.29) is 11.3 Å². The molecule has 0 radical (unpaired) electrons. The number of carbonyl (C=O) groups is 2. The first kappa shape index (κ1) is 21.5. The first-order valence-electron chi connectivity index (χ1n) is 9.99. The number of nitrogens with zero attached hydrogens (tertiary/aromatic N) is 2. The van der Waals surface area contributed by atoms with Crippen LogP contribution in [0.2, 0.25) is 0 Å². The predicted molar refractivity (Wildman–Crippen MR) is 112 cm³/mol. The second-order valence-corrected chi connectivity index (χ2v) is 6.99. The highest BCUT2D eigenvalue weighted by molar-refractivity contribution is 6.46. The molecule has 2 aromatic rings. The predicted octanol–water partition coefficient (Wildman–Crippen LogP) is 3.33. The van der Waals surface area contributed by atoms with Crippen molar-refractivity contribution in [2.24, 2.45) is 0 Å². The number of hydrogen-bond donors (Lipinski definition) is 1. The summed E-state index contributed by atoms with van der Waals surface area (Å²) >= 11 is 0. The lowest BCUT2D eigenvalue weighted by atomic mass is 9.95. The van der Waals surface area contributed by atoms with E-state index in [1.807, 2.05) is 31.2 Å². The summed E-state index contributed by atoms with van der Waals surface area (Å²) in [7, 11) is 1.59. The van der Waals surface area contributed by atoms with Crippen LogP contribution < -0.4 is 4.74 Å². The Morgan fingerprint density at radius 3 is 2.43 bits per heavy atom. The molecular formula is C23H26N2O5. The Morgan fingerprint density at radius 1 is 1.10 bits per heavy atom. The molecule has 1 aliphatic rings. The molecule has 0 saturated carbocycles. The van der Waals surface area contributed by atoms with E-state index in [2.05, 4.69) is 4.98 Å². The number of pyridine rings is 1. The van der Waals surface area contributed by atoms with Gasteiger partial charge in [-0.15, -0.1) is 0 Å². The van der Waals surface area contributed by atoms with E-state index in [4.69, 9.17) is 9.47 Å². The van der Waals surface area contributed by atoms with Gasteiger partial charge in [-0.25, -0.2) is 0 Å². The first-order chi connectivity index (χ1) is 14.6. The Morgan fingerprint density at radius 2 is 1.80 bits per heavy atom. The molecule has 7 nitrogen and oxygen atoms in total. The molecule has 0 aliphatic carbocycles. The summed E-state index contributed by atoms with van der Waals surface area (Å²) < 4.78 is 10.7. The molecule has 0 bridgehead atoms. The SMILES string of the molecule is CCCOc1ccc(C2C(=C(O)c3ccncc3)C(=O)C(=O)N2CCCOC)cc1. The van der Waals surface area contributed by atoms with Crippen LogP contribution in [0.1, 0.15) is 36.9 Å². The summed E-state index contributed by atoms with van der Waals surface area (Å²) in [5.41, 5.74) is 1.24. The van der Waals surface area contributed by atoms with Crippen LogP contribution in [0.25, 0.3) is 5.76 Å². The number of aliphatic hydroxyl groups excluding tert-OH is 1. The topological polar surface area (TPSA) is 89.0 Å². The van der Waals surface area contributed by atoms with Gasteiger partial charge >= 0.3 is 0 Å². The average Bonchev–Trinajstić information content (AvgIpc) is 3.03. The number of ketones is 1. The Hall–Kier alpha value is -3.19. The Balaban J connectivity index is 2.03. The Kier molecular flexibility index (Phi) is 7.19. The molecule has 1 fully saturated rings. The van der Waals surface area contributed by atoms with E-state index in [9.17, 15) is 14.7 Å². The molecule has 1 unspecified atom stereocenters. The third kappa shape index (κ3) is 4.52. The van der Waals surface area contributed by atoms with Crippen molar-refractivity contribution in [2.75, 3.05) is 26.9 Å². The zero-order valence-corrected chi connectivity index (χ0v) is 17.2. The lowest BCUT2D eigenvalue weighted by molar-refractivity contribution is -0.140. The monoisotopic (exact) mass is 410 g/mol. The molecule has 0 spiro atoms. The number of hydrogen-bond acceptors (Lipinski definition) is 6. The minimum atomic E-state index is -0.696. The number of benzene rings is 1. The number of carbonyl (C=O) groups excluding carboxylic acids is 2. The second-order valence-electron chi connectivity index (χ2n) is 6.99. The number of ether oxygens (including phenoxy) is 2. The van der Waals surface area contributed by atoms with E-state index >= 15 is 0 Å². The molecule has 1 N–H and O–H groups in total. The quantitative estimate of drug-likeness (QED) is 0.295. The van der Waals surface area contributed by atoms with Crippen molar-refractivity contribution in [3.63, 3.8) is 0 Å². The van der Waals surface area contributed by atoms with Crippen LogP contribution in [-0.4, -0.2) is 53.5 Å². The van der Waals surface area contributed by atoms with Crippen molar-refractivity contribution in [3.8, 4) is 5.75 Å². The van der Waals surface area contributed by atoms with Crippen LogP contribution in [-0.2, 0) is 14.3 Å². The van der Waals surface area contributed by atoms with Crippen LogP contribution in [0.15, 0.2) is 54.4 Å². The molecule has 1 aromatic heterocycles. The highest BCUT2D eigenvalue weighted by Gasteiger charge is 2.45. The number of methoxy groups -OCH3 is 1. The number of Topliss-reactive ketones (excluding diaryl/α,β-unsaturated/α-hetero) is 1. The summed E-state index contributed by atoms with van der Waals surface area (Å²) in [6.07, 6.45) is 4.53. The molecule has 1 amide bonds. The smallest absolute Gasteiger partial charge is 0.295 e. The van der Waals surface area contributed by atoms with Gasteiger partial charge in [0.05, 0.1) is 18.2 Å². The van der Waals surface area contributed by atoms with E-state index < -0.39 is 17.7 Å². The van der Waals surface area contributed by atoms with E-state index in [0.29, 0.717) is 37.5 Å². The standard InChI is InChI=1S/C23H26N2O5/c1-3-14-30-18-7-5-16(6-8-18)20-19(21(26)17-9-11-24-12-10-17)22(27)23(28)25(20)13-4-15-29-2/h5-12,20,26H,3-4,13-15H2,1-2H3. The molecule has 2 heterocycles. The van der Waals surface area contributed by atoms with Gasteiger partial charge < -0.3 is 19.5 Å². The average molecular weight is 410 g/mol. The number of amides is 1. The maximum Gasteiger partial charge on any atom is 0.295 e. The summed E-state index contributed by atoms with van der Waals surface area (Å²) in [6, 6.07) is 9.79. The number of aromatic nitrogens is 1. The van der Waals surface area contributed by atoms with Crippen molar-refractivity contribution >= 4 is 17.4 Å². The maximum atomic E-state index is 12.9. The summed E-state index contributed by atoms with van der Waals surface area (Å²) in [4.78, 5) is 31.1. The van der Waals surface area contributed by atoms with Crippen molar-refractivity contribution in [1.29, 1.82) is 0 Å². The number of aliphatic hydroxyl groups is 1. The minimum Gasteiger partial charge on any atom is -0.507 e. The second kappa shape index (κ2) is 10.0. The van der Waals surface area contributed by atoms with Crippen LogP contribution >= 0.6 is 0 Å². The molecule has 3 rings (SSSR count). The van der Waals surface area contributed by atoms with Gasteiger partial charge in [0.2, 0.25) is 0 Å². The summed E-state index contributed by atoms with van der Waals surface area (Å²) in [5, 5.41) is 10.9. The molecule has 1 saturated heterocycles. The van der Waals surface area contributed by atoms with Crippen molar-refractivity contribution in [3.05, 3.63) is 65.5 Å². The lowest BCUT2D eigenvalue weighted by Gasteiger charge is -2.25. The van der Waals surface area contributed by atoms with Gasteiger partial charge in [0.15, 0.2) is 0 Å². The molecule has 1 atom stereocenters. The number of likely N-dealkylation sites (tertiary alicyclic amines) is 1. The summed E-state index contributed by atoms with van der Waals surface area (Å²) in [5.74, 6) is -0.816. The van der Waals surface area contributed by atoms with Crippen molar-refractivity contribution in [1.82, 2.24) is 9.88 Å². The minimum absolute atomic E-state index is 0.0749. The fourth-order valence-electron chi connectivity index (χ4n) is 3.47. The highest BCUT2D eigenvalue weighted by Crippen LogP contribution is 2.39.